The van der Waals surface area contributed by atoms with E-state index in [0.29, 0.717) is 23.7 Å². The van der Waals surface area contributed by atoms with E-state index in [2.05, 4.69) is 9.72 Å². The normalized spacial score (nSPS) is 14.1. The Morgan fingerprint density at radius 1 is 0.951 bits per heavy atom. The van der Waals surface area contributed by atoms with Crippen LogP contribution in [0.15, 0.2) is 60.9 Å². The lowest BCUT2D eigenvalue weighted by Crippen LogP contribution is -2.23. The smallest absolute Gasteiger partial charge is 0.387 e. The number of esters is 2. The molecule has 2 atom stereocenters. The molecule has 0 radical (unpaired) electrons. The first kappa shape index (κ1) is 30.1. The van der Waals surface area contributed by atoms with Crippen LogP contribution in [0.1, 0.15) is 48.5 Å². The van der Waals surface area contributed by atoms with Gasteiger partial charge in [-0.2, -0.15) is 8.78 Å². The number of carbonyl (C=O) groups excluding carboxylic acids is 2. The summed E-state index contributed by atoms with van der Waals surface area (Å²) in [5.74, 6) is -2.20. The molecule has 1 fully saturated rings. The van der Waals surface area contributed by atoms with Crippen LogP contribution in [0.5, 0.6) is 23.0 Å². The van der Waals surface area contributed by atoms with Crippen LogP contribution in [-0.4, -0.2) is 36.7 Å². The number of rotatable bonds is 14. The van der Waals surface area contributed by atoms with Gasteiger partial charge in [-0.1, -0.05) is 36.4 Å². The molecule has 218 valence electrons. The van der Waals surface area contributed by atoms with Crippen molar-refractivity contribution in [2.24, 2.45) is 5.92 Å². The fraction of sp³-hybridized carbons (Fsp3) is 0.321. The molecule has 4 rings (SSSR count). The van der Waals surface area contributed by atoms with Crippen molar-refractivity contribution in [2.45, 2.75) is 38.4 Å². The zero-order chi connectivity index (χ0) is 29.4. The Morgan fingerprint density at radius 3 is 2.22 bits per heavy atom. The van der Waals surface area contributed by atoms with E-state index in [9.17, 15) is 18.4 Å². The first-order valence-corrected chi connectivity index (χ1v) is 13.1. The van der Waals surface area contributed by atoms with Crippen molar-refractivity contribution in [3.8, 4) is 23.0 Å². The van der Waals surface area contributed by atoms with Gasteiger partial charge < -0.3 is 27.5 Å². The van der Waals surface area contributed by atoms with Crippen LogP contribution in [0, 0.1) is 5.92 Å². The molecular weight excluding hydrogens is 587 g/mol. The first-order chi connectivity index (χ1) is 19.8. The van der Waals surface area contributed by atoms with Crippen molar-refractivity contribution in [2.75, 3.05) is 13.2 Å². The number of benzene rings is 2. The molecule has 0 amide bonds. The van der Waals surface area contributed by atoms with Crippen molar-refractivity contribution in [1.29, 1.82) is 0 Å². The lowest BCUT2D eigenvalue weighted by atomic mass is 9.91. The van der Waals surface area contributed by atoms with E-state index in [0.717, 1.165) is 12.8 Å². The highest BCUT2D eigenvalue weighted by Gasteiger charge is 2.31. The number of hydrogen-bond donors (Lipinski definition) is 0. The molecule has 1 aromatic heterocycles. The second kappa shape index (κ2) is 14.2. The van der Waals surface area contributed by atoms with E-state index in [-0.39, 0.29) is 35.2 Å². The van der Waals surface area contributed by atoms with Crippen LogP contribution in [0.25, 0.3) is 0 Å². The molecule has 0 aliphatic heterocycles. The van der Waals surface area contributed by atoms with Crippen molar-refractivity contribution in [3.63, 3.8) is 0 Å². The maximum absolute atomic E-state index is 13.2. The van der Waals surface area contributed by atoms with Gasteiger partial charge in [0.05, 0.1) is 30.5 Å². The number of alkyl halides is 2. The molecule has 9 nitrogen and oxygen atoms in total. The Balaban J connectivity index is 1.71. The zero-order valence-corrected chi connectivity index (χ0v) is 23.1. The van der Waals surface area contributed by atoms with Crippen LogP contribution in [-0.2, 0) is 19.1 Å². The first-order valence-electron chi connectivity index (χ1n) is 12.5. The molecule has 1 aliphatic carbocycles. The van der Waals surface area contributed by atoms with Gasteiger partial charge in [0.2, 0.25) is 6.10 Å². The summed E-state index contributed by atoms with van der Waals surface area (Å²) in [7, 11) is 0. The summed E-state index contributed by atoms with van der Waals surface area (Å²) >= 11 is 11.4. The van der Waals surface area contributed by atoms with E-state index in [1.807, 2.05) is 0 Å². The summed E-state index contributed by atoms with van der Waals surface area (Å²) in [5, 5.41) is 0. The van der Waals surface area contributed by atoms with E-state index < -0.39 is 30.6 Å². The molecule has 41 heavy (non-hydrogen) atoms. The number of pyridine rings is 1. The SMILES string of the molecule is CC(=O)OC(C(=O)OCC(c1ccc(OC(F)F)c(OCC2CC2)c1)c1c(OCl)cncc1OCl)c1ccccc1. The van der Waals surface area contributed by atoms with Crippen molar-refractivity contribution < 1.29 is 45.9 Å². The molecule has 2 unspecified atom stereocenters. The number of nitrogens with zero attached hydrogens (tertiary/aromatic N) is 1. The molecule has 0 bridgehead atoms. The lowest BCUT2D eigenvalue weighted by molar-refractivity contribution is -0.167. The minimum Gasteiger partial charge on any atom is -0.489 e. The molecular formula is C28H25Cl2F2NO8. The summed E-state index contributed by atoms with van der Waals surface area (Å²) in [6.07, 6.45) is 3.18. The Morgan fingerprint density at radius 2 is 1.63 bits per heavy atom. The number of hydrogen-bond acceptors (Lipinski definition) is 9. The highest BCUT2D eigenvalue weighted by Crippen LogP contribution is 2.42. The van der Waals surface area contributed by atoms with Gasteiger partial charge in [-0.25, -0.2) is 4.79 Å². The molecule has 3 aromatic rings. The third kappa shape index (κ3) is 8.11. The second-order valence-corrected chi connectivity index (χ2v) is 9.43. The van der Waals surface area contributed by atoms with Gasteiger partial charge in [0, 0.05) is 12.5 Å². The summed E-state index contributed by atoms with van der Waals surface area (Å²) in [4.78, 5) is 29.0. The number of aromatic nitrogens is 1. The fourth-order valence-corrected chi connectivity index (χ4v) is 4.32. The van der Waals surface area contributed by atoms with Crippen LogP contribution in [0.2, 0.25) is 0 Å². The molecule has 0 N–H and O–H groups in total. The molecule has 1 heterocycles. The predicted molar refractivity (Wildman–Crippen MR) is 142 cm³/mol. The monoisotopic (exact) mass is 611 g/mol. The molecule has 2 aromatic carbocycles. The summed E-state index contributed by atoms with van der Waals surface area (Å²) in [5.41, 5.74) is 1.05. The maximum atomic E-state index is 13.2. The number of halogens is 4. The molecule has 1 saturated carbocycles. The third-order valence-corrected chi connectivity index (χ3v) is 6.51. The van der Waals surface area contributed by atoms with Crippen LogP contribution in [0.4, 0.5) is 8.78 Å². The minimum absolute atomic E-state index is 0.0267. The highest BCUT2D eigenvalue weighted by molar-refractivity contribution is 6.10. The van der Waals surface area contributed by atoms with Gasteiger partial charge in [-0.3, -0.25) is 9.78 Å². The molecule has 1 aliphatic rings. The van der Waals surface area contributed by atoms with Gasteiger partial charge in [-0.05, 0) is 36.5 Å². The largest absolute Gasteiger partial charge is 0.489 e. The lowest BCUT2D eigenvalue weighted by Gasteiger charge is -2.23. The highest BCUT2D eigenvalue weighted by atomic mass is 35.5. The number of ether oxygens (including phenoxy) is 4. The van der Waals surface area contributed by atoms with Crippen molar-refractivity contribution in [1.82, 2.24) is 4.98 Å². The van der Waals surface area contributed by atoms with Crippen molar-refractivity contribution >= 4 is 35.7 Å². The standard InChI is InChI=1S/C28H25Cl2F2NO8/c1-16(34)38-26(18-5-3-2-4-6-18)27(35)37-15-20(25-23(40-29)12-33-13-24(25)41-30)19-9-10-21(39-28(31)32)22(11-19)36-14-17-7-8-17/h2-6,9-13,17,20,26,28H,7-8,14-15H2,1H3. The van der Waals surface area contributed by atoms with Gasteiger partial charge in [-0.15, -0.1) is 0 Å². The maximum Gasteiger partial charge on any atom is 0.387 e. The van der Waals surface area contributed by atoms with Gasteiger partial charge in [0.15, 0.2) is 23.0 Å². The van der Waals surface area contributed by atoms with Crippen LogP contribution in [0.3, 0.4) is 0 Å². The summed E-state index contributed by atoms with van der Waals surface area (Å²) in [6, 6.07) is 12.6. The molecule has 0 saturated heterocycles. The Kier molecular flexibility index (Phi) is 10.4. The zero-order valence-electron chi connectivity index (χ0n) is 21.6. The minimum atomic E-state index is -3.08. The second-order valence-electron chi connectivity index (χ2n) is 9.13. The Bertz CT molecular complexity index is 1320. The van der Waals surface area contributed by atoms with E-state index >= 15 is 0 Å². The van der Waals surface area contributed by atoms with E-state index in [1.165, 1.54) is 37.5 Å². The van der Waals surface area contributed by atoms with Crippen LogP contribution >= 0.6 is 23.7 Å². The van der Waals surface area contributed by atoms with E-state index in [1.54, 1.807) is 30.3 Å². The predicted octanol–water partition coefficient (Wildman–Crippen LogP) is 6.52. The topological polar surface area (TPSA) is 102 Å². The van der Waals surface area contributed by atoms with Crippen LogP contribution < -0.4 is 18.1 Å². The Labute approximate surface area is 244 Å². The fourth-order valence-electron chi connectivity index (χ4n) is 4.07. The van der Waals surface area contributed by atoms with Gasteiger partial charge in [0.1, 0.15) is 30.3 Å². The average Bonchev–Trinajstić information content (AvgIpc) is 3.80. The Hall–Kier alpha value is -3.83. The number of carbonyl (C=O) groups is 2. The van der Waals surface area contributed by atoms with E-state index in [4.69, 9.17) is 46.5 Å². The molecule has 13 heteroatoms. The third-order valence-electron chi connectivity index (χ3n) is 6.18. The van der Waals surface area contributed by atoms with Gasteiger partial charge in [0.25, 0.3) is 0 Å². The summed E-state index contributed by atoms with van der Waals surface area (Å²) in [6.45, 7) is -1.97. The van der Waals surface area contributed by atoms with Gasteiger partial charge >= 0.3 is 18.6 Å². The quantitative estimate of drug-likeness (QED) is 0.188. The molecule has 0 spiro atoms. The summed E-state index contributed by atoms with van der Waals surface area (Å²) < 4.78 is 57.5. The van der Waals surface area contributed by atoms with Crippen molar-refractivity contribution in [3.05, 3.63) is 77.6 Å². The average molecular weight is 612 g/mol.